The van der Waals surface area contributed by atoms with Crippen LogP contribution in [0.4, 0.5) is 5.82 Å². The summed E-state index contributed by atoms with van der Waals surface area (Å²) in [6, 6.07) is 1.76. The Kier molecular flexibility index (Phi) is 3.06. The van der Waals surface area contributed by atoms with E-state index in [1.165, 1.54) is 6.20 Å². The number of hydrogen-bond acceptors (Lipinski definition) is 3. The van der Waals surface area contributed by atoms with Gasteiger partial charge in [-0.1, -0.05) is 0 Å². The minimum atomic E-state index is -0.0249. The topological polar surface area (TPSA) is 59.2 Å². The molecule has 1 heterocycles. The molecule has 0 aliphatic carbocycles. The molecule has 0 aliphatic rings. The third-order valence-corrected chi connectivity index (χ3v) is 2.19. The highest BCUT2D eigenvalue weighted by molar-refractivity contribution is 5.94. The van der Waals surface area contributed by atoms with Crippen LogP contribution in [0.15, 0.2) is 12.3 Å². The minimum absolute atomic E-state index is 0.0249. The second kappa shape index (κ2) is 4.09. The predicted octanol–water partition coefficient (Wildman–Crippen LogP) is 1.06. The molecule has 0 unspecified atom stereocenters. The normalized spacial score (nSPS) is 9.93. The second-order valence-corrected chi connectivity index (χ2v) is 3.25. The zero-order valence-corrected chi connectivity index (χ0v) is 8.74. The molecule has 0 aromatic carbocycles. The van der Waals surface area contributed by atoms with Gasteiger partial charge in [-0.2, -0.15) is 0 Å². The van der Waals surface area contributed by atoms with Crippen LogP contribution in [-0.4, -0.2) is 29.4 Å². The Hall–Kier alpha value is -1.58. The first-order valence-electron chi connectivity index (χ1n) is 4.53. The van der Waals surface area contributed by atoms with E-state index in [1.807, 2.05) is 13.8 Å². The molecule has 14 heavy (non-hydrogen) atoms. The van der Waals surface area contributed by atoms with Gasteiger partial charge in [0.2, 0.25) is 0 Å². The van der Waals surface area contributed by atoms with Gasteiger partial charge in [-0.15, -0.1) is 0 Å². The summed E-state index contributed by atoms with van der Waals surface area (Å²) in [5, 5.41) is 0. The number of aromatic nitrogens is 1. The van der Waals surface area contributed by atoms with Crippen molar-refractivity contribution in [2.75, 3.05) is 19.3 Å². The number of nitrogen functional groups attached to an aromatic ring is 1. The Bertz CT molecular complexity index is 349. The Labute approximate surface area is 83.7 Å². The van der Waals surface area contributed by atoms with Gasteiger partial charge in [-0.3, -0.25) is 4.79 Å². The first kappa shape index (κ1) is 10.5. The van der Waals surface area contributed by atoms with Crippen LogP contribution in [0, 0.1) is 6.92 Å². The average molecular weight is 193 g/mol. The average Bonchev–Trinajstić information content (AvgIpc) is 2.20. The van der Waals surface area contributed by atoms with Crippen LogP contribution in [0.5, 0.6) is 0 Å². The number of rotatable bonds is 2. The van der Waals surface area contributed by atoms with Crippen molar-refractivity contribution in [2.45, 2.75) is 13.8 Å². The van der Waals surface area contributed by atoms with Crippen LogP contribution < -0.4 is 5.73 Å². The number of carbonyl (C=O) groups excluding carboxylic acids is 1. The third kappa shape index (κ3) is 2.02. The van der Waals surface area contributed by atoms with Crippen LogP contribution >= 0.6 is 0 Å². The van der Waals surface area contributed by atoms with E-state index in [1.54, 1.807) is 18.0 Å². The highest BCUT2D eigenvalue weighted by Crippen LogP contribution is 2.10. The van der Waals surface area contributed by atoms with Crippen molar-refractivity contribution in [2.24, 2.45) is 0 Å². The third-order valence-electron chi connectivity index (χ3n) is 2.19. The number of carbonyl (C=O) groups is 1. The largest absolute Gasteiger partial charge is 0.383 e. The quantitative estimate of drug-likeness (QED) is 0.764. The van der Waals surface area contributed by atoms with Crippen LogP contribution in [0.3, 0.4) is 0 Å². The first-order valence-corrected chi connectivity index (χ1v) is 4.53. The molecule has 0 aliphatic heterocycles. The number of pyridine rings is 1. The van der Waals surface area contributed by atoms with Gasteiger partial charge in [-0.25, -0.2) is 4.98 Å². The highest BCUT2D eigenvalue weighted by Gasteiger charge is 2.10. The zero-order chi connectivity index (χ0) is 10.7. The van der Waals surface area contributed by atoms with E-state index in [9.17, 15) is 4.79 Å². The molecule has 0 radical (unpaired) electrons. The fraction of sp³-hybridized carbons (Fsp3) is 0.400. The SMILES string of the molecule is CCN(C)C(=O)c1cnc(N)c(C)c1. The second-order valence-electron chi connectivity index (χ2n) is 3.25. The number of amides is 1. The summed E-state index contributed by atoms with van der Waals surface area (Å²) in [4.78, 5) is 17.3. The molecule has 1 aromatic rings. The molecule has 1 rings (SSSR count). The highest BCUT2D eigenvalue weighted by atomic mass is 16.2. The van der Waals surface area contributed by atoms with E-state index >= 15 is 0 Å². The fourth-order valence-electron chi connectivity index (χ4n) is 1.07. The van der Waals surface area contributed by atoms with E-state index in [0.29, 0.717) is 17.9 Å². The van der Waals surface area contributed by atoms with Crippen molar-refractivity contribution in [3.05, 3.63) is 23.4 Å². The van der Waals surface area contributed by atoms with Crippen molar-refractivity contribution >= 4 is 11.7 Å². The molecular weight excluding hydrogens is 178 g/mol. The minimum Gasteiger partial charge on any atom is -0.383 e. The summed E-state index contributed by atoms with van der Waals surface area (Å²) in [6.45, 7) is 4.45. The number of nitrogens with two attached hydrogens (primary N) is 1. The van der Waals surface area contributed by atoms with E-state index in [0.717, 1.165) is 5.56 Å². The Balaban J connectivity index is 2.97. The van der Waals surface area contributed by atoms with Crippen LogP contribution in [-0.2, 0) is 0 Å². The molecule has 4 heteroatoms. The number of anilines is 1. The predicted molar refractivity (Wildman–Crippen MR) is 56.0 cm³/mol. The maximum Gasteiger partial charge on any atom is 0.255 e. The van der Waals surface area contributed by atoms with Crippen LogP contribution in [0.1, 0.15) is 22.8 Å². The van der Waals surface area contributed by atoms with E-state index in [4.69, 9.17) is 5.73 Å². The molecule has 0 saturated carbocycles. The van der Waals surface area contributed by atoms with Gasteiger partial charge in [0.05, 0.1) is 5.56 Å². The molecule has 76 valence electrons. The molecule has 2 N–H and O–H groups in total. The molecule has 1 amide bonds. The van der Waals surface area contributed by atoms with Gasteiger partial charge in [-0.05, 0) is 25.5 Å². The van der Waals surface area contributed by atoms with Crippen molar-refractivity contribution < 1.29 is 4.79 Å². The van der Waals surface area contributed by atoms with Gasteiger partial charge in [0.25, 0.3) is 5.91 Å². The summed E-state index contributed by atoms with van der Waals surface area (Å²) in [5.74, 6) is 0.448. The molecule has 0 fully saturated rings. The van der Waals surface area contributed by atoms with Crippen molar-refractivity contribution in [1.29, 1.82) is 0 Å². The van der Waals surface area contributed by atoms with Crippen molar-refractivity contribution in [3.63, 3.8) is 0 Å². The lowest BCUT2D eigenvalue weighted by molar-refractivity contribution is 0.0802. The summed E-state index contributed by atoms with van der Waals surface area (Å²) in [7, 11) is 1.76. The molecule has 0 saturated heterocycles. The van der Waals surface area contributed by atoms with Gasteiger partial charge in [0.1, 0.15) is 5.82 Å². The maximum absolute atomic E-state index is 11.7. The van der Waals surface area contributed by atoms with Gasteiger partial charge >= 0.3 is 0 Å². The first-order chi connectivity index (χ1) is 6.56. The zero-order valence-electron chi connectivity index (χ0n) is 8.74. The van der Waals surface area contributed by atoms with E-state index < -0.39 is 0 Å². The lowest BCUT2D eigenvalue weighted by Gasteiger charge is -2.14. The number of nitrogens with zero attached hydrogens (tertiary/aromatic N) is 2. The van der Waals surface area contributed by atoms with Crippen LogP contribution in [0.2, 0.25) is 0 Å². The summed E-state index contributed by atoms with van der Waals surface area (Å²) < 4.78 is 0. The molecule has 0 spiro atoms. The monoisotopic (exact) mass is 193 g/mol. The summed E-state index contributed by atoms with van der Waals surface area (Å²) in [6.07, 6.45) is 1.51. The van der Waals surface area contributed by atoms with Gasteiger partial charge in [0.15, 0.2) is 0 Å². The molecule has 0 bridgehead atoms. The molecule has 1 aromatic heterocycles. The van der Waals surface area contributed by atoms with Gasteiger partial charge < -0.3 is 10.6 Å². The lowest BCUT2D eigenvalue weighted by Crippen LogP contribution is -2.26. The Morgan fingerprint density at radius 1 is 1.64 bits per heavy atom. The fourth-order valence-corrected chi connectivity index (χ4v) is 1.07. The molecule has 4 nitrogen and oxygen atoms in total. The number of hydrogen-bond donors (Lipinski definition) is 1. The van der Waals surface area contributed by atoms with Crippen molar-refractivity contribution in [1.82, 2.24) is 9.88 Å². The van der Waals surface area contributed by atoms with Crippen LogP contribution in [0.25, 0.3) is 0 Å². The van der Waals surface area contributed by atoms with E-state index in [-0.39, 0.29) is 5.91 Å². The van der Waals surface area contributed by atoms with Gasteiger partial charge in [0, 0.05) is 19.8 Å². The standard InChI is InChI=1S/C10H15N3O/c1-4-13(3)10(14)8-5-7(2)9(11)12-6-8/h5-6H,4H2,1-3H3,(H2,11,12). The Morgan fingerprint density at radius 2 is 2.29 bits per heavy atom. The molecule has 0 atom stereocenters. The number of aryl methyl sites for hydroxylation is 1. The molecular formula is C10H15N3O. The summed E-state index contributed by atoms with van der Waals surface area (Å²) >= 11 is 0. The Morgan fingerprint density at radius 3 is 2.79 bits per heavy atom. The van der Waals surface area contributed by atoms with E-state index in [2.05, 4.69) is 4.98 Å². The van der Waals surface area contributed by atoms with Crippen molar-refractivity contribution in [3.8, 4) is 0 Å². The lowest BCUT2D eigenvalue weighted by atomic mass is 10.2. The smallest absolute Gasteiger partial charge is 0.255 e. The maximum atomic E-state index is 11.7. The summed E-state index contributed by atoms with van der Waals surface area (Å²) in [5.41, 5.74) is 6.98.